The molecule has 1 saturated heterocycles. The number of hydrogen-bond donors (Lipinski definition) is 0. The number of rotatable bonds is 5. The van der Waals surface area contributed by atoms with Crippen molar-refractivity contribution in [2.24, 2.45) is 5.92 Å². The third-order valence-electron chi connectivity index (χ3n) is 3.68. The van der Waals surface area contributed by atoms with Gasteiger partial charge in [0.15, 0.2) is 5.78 Å². The van der Waals surface area contributed by atoms with E-state index in [2.05, 4.69) is 25.7 Å². The summed E-state index contributed by atoms with van der Waals surface area (Å²) in [6.07, 6.45) is 1.96. The predicted molar refractivity (Wildman–Crippen MR) is 60.9 cm³/mol. The Hall–Kier alpha value is -0.410. The van der Waals surface area contributed by atoms with Crippen LogP contribution in [-0.2, 0) is 9.53 Å². The summed E-state index contributed by atoms with van der Waals surface area (Å²) in [5.74, 6) is 0.469. The van der Waals surface area contributed by atoms with Gasteiger partial charge in [-0.15, -0.1) is 0 Å². The maximum atomic E-state index is 11.9. The van der Waals surface area contributed by atoms with Crippen LogP contribution in [0.15, 0.2) is 0 Å². The monoisotopic (exact) mass is 213 g/mol. The molecule has 1 fully saturated rings. The van der Waals surface area contributed by atoms with E-state index in [1.165, 1.54) is 0 Å². The number of ketones is 1. The minimum absolute atomic E-state index is 0.106. The van der Waals surface area contributed by atoms with Gasteiger partial charge in [0.1, 0.15) is 0 Å². The van der Waals surface area contributed by atoms with E-state index in [0.29, 0.717) is 18.9 Å². The standard InChI is InChI=1S/C12H23NO2/c1-5-12(2,3)13(4)8-11(14)10-6-7-15-9-10/h10H,5-9H2,1-4H3. The second kappa shape index (κ2) is 5.08. The lowest BCUT2D eigenvalue weighted by Crippen LogP contribution is -2.44. The van der Waals surface area contributed by atoms with Crippen LogP contribution in [0.5, 0.6) is 0 Å². The fourth-order valence-electron chi connectivity index (χ4n) is 1.64. The molecule has 88 valence electrons. The zero-order valence-electron chi connectivity index (χ0n) is 10.4. The van der Waals surface area contributed by atoms with Gasteiger partial charge in [0, 0.05) is 18.1 Å². The summed E-state index contributed by atoms with van der Waals surface area (Å²) in [4.78, 5) is 14.0. The van der Waals surface area contributed by atoms with Crippen LogP contribution in [0.3, 0.4) is 0 Å². The van der Waals surface area contributed by atoms with Crippen LogP contribution in [0.25, 0.3) is 0 Å². The van der Waals surface area contributed by atoms with E-state index in [4.69, 9.17) is 4.74 Å². The van der Waals surface area contributed by atoms with Gasteiger partial charge < -0.3 is 4.74 Å². The number of carbonyl (C=O) groups is 1. The Balaban J connectivity index is 2.43. The molecular weight excluding hydrogens is 190 g/mol. The number of carbonyl (C=O) groups excluding carboxylic acids is 1. The highest BCUT2D eigenvalue weighted by molar-refractivity contribution is 5.83. The molecule has 1 unspecified atom stereocenters. The summed E-state index contributed by atoms with van der Waals surface area (Å²) in [6.45, 7) is 8.42. The number of Topliss-reactive ketones (excluding diaryl/α,β-unsaturated/α-hetero) is 1. The molecule has 0 aromatic rings. The van der Waals surface area contributed by atoms with E-state index >= 15 is 0 Å². The van der Waals surface area contributed by atoms with Gasteiger partial charge in [-0.3, -0.25) is 9.69 Å². The second-order valence-electron chi connectivity index (χ2n) is 5.05. The Labute approximate surface area is 92.8 Å². The largest absolute Gasteiger partial charge is 0.381 e. The third-order valence-corrected chi connectivity index (χ3v) is 3.68. The zero-order chi connectivity index (χ0) is 11.5. The number of nitrogens with zero attached hydrogens (tertiary/aromatic N) is 1. The van der Waals surface area contributed by atoms with E-state index in [-0.39, 0.29) is 11.5 Å². The van der Waals surface area contributed by atoms with E-state index < -0.39 is 0 Å². The van der Waals surface area contributed by atoms with Crippen molar-refractivity contribution < 1.29 is 9.53 Å². The summed E-state index contributed by atoms with van der Waals surface area (Å²) in [5.41, 5.74) is 0.106. The molecule has 1 heterocycles. The number of ether oxygens (including phenoxy) is 1. The Bertz CT molecular complexity index is 220. The first-order chi connectivity index (χ1) is 6.97. The molecule has 0 aliphatic carbocycles. The van der Waals surface area contributed by atoms with Crippen LogP contribution in [0.1, 0.15) is 33.6 Å². The van der Waals surface area contributed by atoms with Crippen LogP contribution >= 0.6 is 0 Å². The van der Waals surface area contributed by atoms with E-state index in [0.717, 1.165) is 19.4 Å². The number of likely N-dealkylation sites (N-methyl/N-ethyl adjacent to an activating group) is 1. The lowest BCUT2D eigenvalue weighted by molar-refractivity contribution is -0.124. The topological polar surface area (TPSA) is 29.5 Å². The van der Waals surface area contributed by atoms with Crippen LogP contribution in [0.2, 0.25) is 0 Å². The van der Waals surface area contributed by atoms with E-state index in [9.17, 15) is 4.79 Å². The molecule has 0 bridgehead atoms. The maximum Gasteiger partial charge on any atom is 0.152 e. The fourth-order valence-corrected chi connectivity index (χ4v) is 1.64. The smallest absolute Gasteiger partial charge is 0.152 e. The quantitative estimate of drug-likeness (QED) is 0.696. The first-order valence-corrected chi connectivity index (χ1v) is 5.79. The molecule has 3 heteroatoms. The lowest BCUT2D eigenvalue weighted by Gasteiger charge is -2.34. The highest BCUT2D eigenvalue weighted by Gasteiger charge is 2.28. The van der Waals surface area contributed by atoms with Crippen molar-refractivity contribution in [3.8, 4) is 0 Å². The van der Waals surface area contributed by atoms with Gasteiger partial charge in [-0.1, -0.05) is 6.92 Å². The van der Waals surface area contributed by atoms with Crippen molar-refractivity contribution in [3.63, 3.8) is 0 Å². The van der Waals surface area contributed by atoms with Crippen LogP contribution < -0.4 is 0 Å². The predicted octanol–water partition coefficient (Wildman–Crippen LogP) is 1.71. The summed E-state index contributed by atoms with van der Waals surface area (Å²) in [7, 11) is 2.03. The van der Waals surface area contributed by atoms with Gasteiger partial charge in [-0.25, -0.2) is 0 Å². The van der Waals surface area contributed by atoms with Crippen LogP contribution in [0, 0.1) is 5.92 Å². The van der Waals surface area contributed by atoms with Crippen molar-refractivity contribution in [2.75, 3.05) is 26.8 Å². The summed E-state index contributed by atoms with van der Waals surface area (Å²) in [5, 5.41) is 0. The Kier molecular flexibility index (Phi) is 4.29. The molecule has 1 aliphatic heterocycles. The van der Waals surface area contributed by atoms with Gasteiger partial charge in [-0.2, -0.15) is 0 Å². The van der Waals surface area contributed by atoms with Gasteiger partial charge in [-0.05, 0) is 33.7 Å². The minimum atomic E-state index is 0.106. The molecule has 1 rings (SSSR count). The highest BCUT2D eigenvalue weighted by atomic mass is 16.5. The first-order valence-electron chi connectivity index (χ1n) is 5.79. The van der Waals surface area contributed by atoms with Crippen LogP contribution in [0.4, 0.5) is 0 Å². The molecular formula is C12H23NO2. The summed E-state index contributed by atoms with van der Waals surface area (Å²) < 4.78 is 5.23. The Morgan fingerprint density at radius 3 is 2.67 bits per heavy atom. The molecule has 0 aromatic heterocycles. The molecule has 0 radical (unpaired) electrons. The minimum Gasteiger partial charge on any atom is -0.381 e. The molecule has 1 atom stereocenters. The summed E-state index contributed by atoms with van der Waals surface area (Å²) in [6, 6.07) is 0. The molecule has 0 amide bonds. The molecule has 0 N–H and O–H groups in total. The van der Waals surface area contributed by atoms with E-state index in [1.807, 2.05) is 7.05 Å². The SMILES string of the molecule is CCC(C)(C)N(C)CC(=O)C1CCOC1. The lowest BCUT2D eigenvalue weighted by atomic mass is 9.97. The molecule has 3 nitrogen and oxygen atoms in total. The molecule has 15 heavy (non-hydrogen) atoms. The van der Waals surface area contributed by atoms with Gasteiger partial charge >= 0.3 is 0 Å². The molecule has 1 aliphatic rings. The number of hydrogen-bond acceptors (Lipinski definition) is 3. The average molecular weight is 213 g/mol. The van der Waals surface area contributed by atoms with E-state index in [1.54, 1.807) is 0 Å². The average Bonchev–Trinajstić information content (AvgIpc) is 2.70. The molecule has 0 spiro atoms. The van der Waals surface area contributed by atoms with Crippen molar-refractivity contribution in [3.05, 3.63) is 0 Å². The van der Waals surface area contributed by atoms with Gasteiger partial charge in [0.05, 0.1) is 13.2 Å². The Morgan fingerprint density at radius 2 is 2.20 bits per heavy atom. The fraction of sp³-hybridized carbons (Fsp3) is 0.917. The first kappa shape index (κ1) is 12.7. The highest BCUT2D eigenvalue weighted by Crippen LogP contribution is 2.19. The van der Waals surface area contributed by atoms with Crippen molar-refractivity contribution in [2.45, 2.75) is 39.2 Å². The van der Waals surface area contributed by atoms with Crippen molar-refractivity contribution in [1.29, 1.82) is 0 Å². The zero-order valence-corrected chi connectivity index (χ0v) is 10.4. The van der Waals surface area contributed by atoms with Gasteiger partial charge in [0.25, 0.3) is 0 Å². The maximum absolute atomic E-state index is 11.9. The van der Waals surface area contributed by atoms with Gasteiger partial charge in [0.2, 0.25) is 0 Å². The van der Waals surface area contributed by atoms with Crippen LogP contribution in [-0.4, -0.2) is 43.0 Å². The Morgan fingerprint density at radius 1 is 1.53 bits per heavy atom. The molecule has 0 saturated carbocycles. The van der Waals surface area contributed by atoms with Crippen molar-refractivity contribution >= 4 is 5.78 Å². The third kappa shape index (κ3) is 3.28. The normalized spacial score (nSPS) is 22.3. The summed E-state index contributed by atoms with van der Waals surface area (Å²) >= 11 is 0. The second-order valence-corrected chi connectivity index (χ2v) is 5.05. The van der Waals surface area contributed by atoms with Crippen molar-refractivity contribution in [1.82, 2.24) is 4.90 Å². The molecule has 0 aromatic carbocycles.